The molecule has 138 valence electrons. The number of rotatable bonds is 4. The van der Waals surface area contributed by atoms with Crippen LogP contribution in [-0.4, -0.2) is 22.7 Å². The molecule has 0 fully saturated rings. The molecule has 1 atom stereocenters. The quantitative estimate of drug-likeness (QED) is 0.698. The Kier molecular flexibility index (Phi) is 5.16. The van der Waals surface area contributed by atoms with Gasteiger partial charge in [-0.2, -0.15) is 5.26 Å². The Morgan fingerprint density at radius 1 is 1.15 bits per heavy atom. The van der Waals surface area contributed by atoms with Crippen molar-refractivity contribution in [2.75, 3.05) is 11.9 Å². The van der Waals surface area contributed by atoms with E-state index in [-0.39, 0.29) is 5.41 Å². The second kappa shape index (κ2) is 7.38. The molecule has 0 spiro atoms. The Hall–Kier alpha value is -2.90. The summed E-state index contributed by atoms with van der Waals surface area (Å²) in [5.41, 5.74) is 3.83. The molecular weight excluding hydrogens is 334 g/mol. The predicted molar refractivity (Wildman–Crippen MR) is 111 cm³/mol. The largest absolute Gasteiger partial charge is 0.392 e. The van der Waals surface area contributed by atoms with E-state index in [1.54, 1.807) is 13.0 Å². The standard InChI is InChI=1S/C23H25N3O/c1-15(27)13-25-22-20-11-18(23(2,3)4)8-9-19(20)21(14-26-22)17-7-5-6-16(10-17)12-24/h5-11,14-15,27H,13H2,1-4H3,(H,25,26). The average molecular weight is 359 g/mol. The summed E-state index contributed by atoms with van der Waals surface area (Å²) in [6.45, 7) is 8.74. The van der Waals surface area contributed by atoms with Crippen molar-refractivity contribution < 1.29 is 5.11 Å². The minimum Gasteiger partial charge on any atom is -0.392 e. The Balaban J connectivity index is 2.22. The van der Waals surface area contributed by atoms with E-state index < -0.39 is 6.10 Å². The molecule has 3 rings (SSSR count). The van der Waals surface area contributed by atoms with Gasteiger partial charge >= 0.3 is 0 Å². The number of hydrogen-bond donors (Lipinski definition) is 2. The van der Waals surface area contributed by atoms with Crippen molar-refractivity contribution in [3.8, 4) is 17.2 Å². The van der Waals surface area contributed by atoms with Gasteiger partial charge in [-0.1, -0.05) is 45.0 Å². The number of aromatic nitrogens is 1. The van der Waals surface area contributed by atoms with E-state index in [0.717, 1.165) is 27.7 Å². The SMILES string of the molecule is CC(O)CNc1ncc(-c2cccc(C#N)c2)c2ccc(C(C)(C)C)cc12. The number of aliphatic hydroxyl groups excluding tert-OH is 1. The van der Waals surface area contributed by atoms with E-state index in [9.17, 15) is 10.4 Å². The normalized spacial score (nSPS) is 12.6. The second-order valence-electron chi connectivity index (χ2n) is 7.95. The van der Waals surface area contributed by atoms with Gasteiger partial charge in [0.25, 0.3) is 0 Å². The van der Waals surface area contributed by atoms with Crippen LogP contribution >= 0.6 is 0 Å². The van der Waals surface area contributed by atoms with Crippen molar-refractivity contribution in [1.82, 2.24) is 4.98 Å². The zero-order valence-corrected chi connectivity index (χ0v) is 16.2. The van der Waals surface area contributed by atoms with E-state index in [2.05, 4.69) is 55.3 Å². The van der Waals surface area contributed by atoms with E-state index in [0.29, 0.717) is 12.1 Å². The Morgan fingerprint density at radius 2 is 1.93 bits per heavy atom. The van der Waals surface area contributed by atoms with Gasteiger partial charge in [0, 0.05) is 23.7 Å². The van der Waals surface area contributed by atoms with Crippen LogP contribution in [0.3, 0.4) is 0 Å². The smallest absolute Gasteiger partial charge is 0.133 e. The first kappa shape index (κ1) is 18.9. The van der Waals surface area contributed by atoms with Crippen LogP contribution in [0.4, 0.5) is 5.82 Å². The highest BCUT2D eigenvalue weighted by molar-refractivity contribution is 6.02. The predicted octanol–water partition coefficient (Wildman–Crippen LogP) is 4.86. The van der Waals surface area contributed by atoms with Crippen LogP contribution in [-0.2, 0) is 5.41 Å². The molecule has 4 heteroatoms. The number of aliphatic hydroxyl groups is 1. The molecular formula is C23H25N3O. The van der Waals surface area contributed by atoms with Crippen molar-refractivity contribution in [1.29, 1.82) is 5.26 Å². The summed E-state index contributed by atoms with van der Waals surface area (Å²) in [7, 11) is 0. The lowest BCUT2D eigenvalue weighted by atomic mass is 9.85. The third-order valence-corrected chi connectivity index (χ3v) is 4.62. The summed E-state index contributed by atoms with van der Waals surface area (Å²) in [6.07, 6.45) is 1.37. The van der Waals surface area contributed by atoms with Crippen molar-refractivity contribution >= 4 is 16.6 Å². The molecule has 0 radical (unpaired) electrons. The van der Waals surface area contributed by atoms with Crippen molar-refractivity contribution in [3.05, 3.63) is 59.8 Å². The fourth-order valence-corrected chi connectivity index (χ4v) is 3.08. The Morgan fingerprint density at radius 3 is 2.59 bits per heavy atom. The average Bonchev–Trinajstić information content (AvgIpc) is 2.64. The van der Waals surface area contributed by atoms with Crippen LogP contribution in [0, 0.1) is 11.3 Å². The monoisotopic (exact) mass is 359 g/mol. The van der Waals surface area contributed by atoms with E-state index in [1.807, 2.05) is 24.4 Å². The van der Waals surface area contributed by atoms with Gasteiger partial charge in [-0.05, 0) is 47.1 Å². The van der Waals surface area contributed by atoms with Crippen LogP contribution in [0.2, 0.25) is 0 Å². The number of nitriles is 1. The third kappa shape index (κ3) is 4.10. The molecule has 1 aromatic heterocycles. The molecule has 0 aliphatic rings. The van der Waals surface area contributed by atoms with Crippen LogP contribution in [0.1, 0.15) is 38.8 Å². The number of nitrogens with zero attached hydrogens (tertiary/aromatic N) is 2. The van der Waals surface area contributed by atoms with Gasteiger partial charge in [-0.15, -0.1) is 0 Å². The van der Waals surface area contributed by atoms with Gasteiger partial charge in [0.1, 0.15) is 5.82 Å². The zero-order valence-electron chi connectivity index (χ0n) is 16.2. The molecule has 0 bridgehead atoms. The first-order chi connectivity index (χ1) is 12.8. The molecule has 1 unspecified atom stereocenters. The minimum atomic E-state index is -0.459. The van der Waals surface area contributed by atoms with Crippen LogP contribution in [0.15, 0.2) is 48.7 Å². The number of anilines is 1. The van der Waals surface area contributed by atoms with E-state index >= 15 is 0 Å². The molecule has 0 saturated heterocycles. The van der Waals surface area contributed by atoms with Gasteiger partial charge in [-0.25, -0.2) is 4.98 Å². The molecule has 0 aliphatic heterocycles. The number of nitrogens with one attached hydrogen (secondary N) is 1. The highest BCUT2D eigenvalue weighted by Gasteiger charge is 2.17. The molecule has 2 aromatic carbocycles. The van der Waals surface area contributed by atoms with Crippen LogP contribution in [0.5, 0.6) is 0 Å². The molecule has 1 heterocycles. The minimum absolute atomic E-state index is 0.0203. The fourth-order valence-electron chi connectivity index (χ4n) is 3.08. The molecule has 27 heavy (non-hydrogen) atoms. The summed E-state index contributed by atoms with van der Waals surface area (Å²) >= 11 is 0. The third-order valence-electron chi connectivity index (χ3n) is 4.62. The lowest BCUT2D eigenvalue weighted by Crippen LogP contribution is -2.16. The van der Waals surface area contributed by atoms with Gasteiger partial charge < -0.3 is 10.4 Å². The number of pyridine rings is 1. The molecule has 0 aliphatic carbocycles. The van der Waals surface area contributed by atoms with Gasteiger partial charge in [-0.3, -0.25) is 0 Å². The molecule has 4 nitrogen and oxygen atoms in total. The Labute approximate surface area is 160 Å². The summed E-state index contributed by atoms with van der Waals surface area (Å²) in [4.78, 5) is 4.63. The van der Waals surface area contributed by atoms with Crippen molar-refractivity contribution in [2.24, 2.45) is 0 Å². The summed E-state index contributed by atoms with van der Waals surface area (Å²) in [6, 6.07) is 16.2. The maximum absolute atomic E-state index is 9.64. The van der Waals surface area contributed by atoms with Crippen LogP contribution in [0.25, 0.3) is 21.9 Å². The topological polar surface area (TPSA) is 68.9 Å². The molecule has 2 N–H and O–H groups in total. The lowest BCUT2D eigenvalue weighted by Gasteiger charge is -2.21. The summed E-state index contributed by atoms with van der Waals surface area (Å²) < 4.78 is 0. The number of fused-ring (bicyclic) bond motifs is 1. The van der Waals surface area contributed by atoms with Crippen molar-refractivity contribution in [2.45, 2.75) is 39.2 Å². The van der Waals surface area contributed by atoms with E-state index in [4.69, 9.17) is 0 Å². The molecule has 0 amide bonds. The zero-order chi connectivity index (χ0) is 19.6. The molecule has 0 saturated carbocycles. The lowest BCUT2D eigenvalue weighted by molar-refractivity contribution is 0.208. The van der Waals surface area contributed by atoms with Crippen LogP contribution < -0.4 is 5.32 Å². The number of benzene rings is 2. The van der Waals surface area contributed by atoms with E-state index in [1.165, 1.54) is 5.56 Å². The van der Waals surface area contributed by atoms with Gasteiger partial charge in [0.05, 0.1) is 17.7 Å². The van der Waals surface area contributed by atoms with Crippen molar-refractivity contribution in [3.63, 3.8) is 0 Å². The maximum atomic E-state index is 9.64. The maximum Gasteiger partial charge on any atom is 0.133 e. The highest BCUT2D eigenvalue weighted by atomic mass is 16.3. The Bertz CT molecular complexity index is 1010. The summed E-state index contributed by atoms with van der Waals surface area (Å²) in [5.74, 6) is 0.761. The highest BCUT2D eigenvalue weighted by Crippen LogP contribution is 2.35. The first-order valence-electron chi connectivity index (χ1n) is 9.15. The molecule has 3 aromatic rings. The summed E-state index contributed by atoms with van der Waals surface area (Å²) in [5, 5.41) is 24.2. The first-order valence-corrected chi connectivity index (χ1v) is 9.15. The fraction of sp³-hybridized carbons (Fsp3) is 0.304. The second-order valence-corrected chi connectivity index (χ2v) is 7.95. The van der Waals surface area contributed by atoms with Gasteiger partial charge in [0.2, 0.25) is 0 Å². The number of hydrogen-bond acceptors (Lipinski definition) is 4. The van der Waals surface area contributed by atoms with Gasteiger partial charge in [0.15, 0.2) is 0 Å².